The number of benzene rings is 2. The third-order valence-electron chi connectivity index (χ3n) is 8.25. The molecule has 0 radical (unpaired) electrons. The van der Waals surface area contributed by atoms with E-state index >= 15 is 0 Å². The van der Waals surface area contributed by atoms with Gasteiger partial charge in [-0.3, -0.25) is 9.59 Å². The number of hydrogen-bond acceptors (Lipinski definition) is 4. The normalized spacial score (nSPS) is 24.4. The van der Waals surface area contributed by atoms with Crippen LogP contribution in [0.4, 0.5) is 8.78 Å². The second-order valence-corrected chi connectivity index (χ2v) is 10.8. The first-order chi connectivity index (χ1) is 19.4. The van der Waals surface area contributed by atoms with E-state index in [1.165, 1.54) is 18.2 Å². The second kappa shape index (κ2) is 8.03. The van der Waals surface area contributed by atoms with Gasteiger partial charge in [0.15, 0.2) is 0 Å². The van der Waals surface area contributed by atoms with Crippen molar-refractivity contribution in [3.05, 3.63) is 58.9 Å². The van der Waals surface area contributed by atoms with Crippen LogP contribution in [0.2, 0.25) is 0 Å². The molecule has 1 aliphatic carbocycles. The van der Waals surface area contributed by atoms with E-state index in [1.807, 2.05) is 28.5 Å². The summed E-state index contributed by atoms with van der Waals surface area (Å²) in [5, 5.41) is 0. The van der Waals surface area contributed by atoms with Gasteiger partial charge in [-0.15, -0.1) is 0 Å². The Bertz CT molecular complexity index is 1680. The highest BCUT2D eigenvalue weighted by Crippen LogP contribution is 2.50. The van der Waals surface area contributed by atoms with Gasteiger partial charge in [0.1, 0.15) is 11.6 Å². The average molecular weight is 520 g/mol. The fourth-order valence-electron chi connectivity index (χ4n) is 5.89. The van der Waals surface area contributed by atoms with Crippen molar-refractivity contribution in [1.29, 1.82) is 0 Å². The van der Waals surface area contributed by atoms with Crippen LogP contribution in [-0.2, 0) is 4.79 Å². The monoisotopic (exact) mass is 519 g/mol. The number of ether oxygens (including phenoxy) is 1. The highest BCUT2D eigenvalue weighted by Gasteiger charge is 2.49. The molecule has 1 saturated heterocycles. The predicted octanol–water partition coefficient (Wildman–Crippen LogP) is 4.37. The lowest BCUT2D eigenvalue weighted by Gasteiger charge is -2.38. The number of fused-ring (bicyclic) bond motifs is 9. The van der Waals surface area contributed by atoms with Crippen LogP contribution in [0, 0.1) is 23.2 Å². The van der Waals surface area contributed by atoms with Crippen molar-refractivity contribution < 1.29 is 27.2 Å². The fraction of sp³-hybridized carbons (Fsp3) is 0.414. The highest BCUT2D eigenvalue weighted by atomic mass is 19.3. The van der Waals surface area contributed by atoms with Gasteiger partial charge in [0.25, 0.3) is 5.91 Å². The van der Waals surface area contributed by atoms with E-state index in [-0.39, 0.29) is 40.5 Å². The first-order valence-corrected chi connectivity index (χ1v) is 12.7. The molecule has 0 N–H and O–H groups in total. The van der Waals surface area contributed by atoms with Crippen LogP contribution in [0.3, 0.4) is 0 Å². The molecular weight excluding hydrogens is 490 g/mol. The zero-order valence-corrected chi connectivity index (χ0v) is 20.6. The molecule has 3 aliphatic heterocycles. The molecule has 4 heterocycles. The molecule has 2 aromatic carbocycles. The van der Waals surface area contributed by atoms with Crippen molar-refractivity contribution in [2.45, 2.75) is 44.9 Å². The van der Waals surface area contributed by atoms with E-state index in [9.17, 15) is 18.4 Å². The van der Waals surface area contributed by atoms with Gasteiger partial charge in [-0.05, 0) is 43.2 Å². The topological polar surface area (TPSA) is 67.7 Å². The van der Waals surface area contributed by atoms with E-state index in [0.29, 0.717) is 35.5 Å². The highest BCUT2D eigenvalue weighted by molar-refractivity contribution is 5.98. The molecule has 1 aromatic heterocycles. The van der Waals surface area contributed by atoms with Crippen molar-refractivity contribution in [3.63, 3.8) is 0 Å². The van der Waals surface area contributed by atoms with Crippen LogP contribution in [0.1, 0.15) is 69.7 Å². The van der Waals surface area contributed by atoms with Crippen molar-refractivity contribution in [2.24, 2.45) is 11.3 Å². The lowest BCUT2D eigenvalue weighted by Crippen LogP contribution is -2.51. The molecule has 3 aromatic rings. The number of likely N-dealkylation sites (tertiary alicyclic amines) is 1. The molecule has 2 fully saturated rings. The summed E-state index contributed by atoms with van der Waals surface area (Å²) in [7, 11) is 0. The quantitative estimate of drug-likeness (QED) is 0.482. The van der Waals surface area contributed by atoms with Crippen LogP contribution in [0.15, 0.2) is 36.4 Å². The predicted molar refractivity (Wildman–Crippen MR) is 135 cm³/mol. The van der Waals surface area contributed by atoms with Gasteiger partial charge in [0.2, 0.25) is 5.91 Å². The third kappa shape index (κ3) is 3.43. The first-order valence-electron chi connectivity index (χ1n) is 14.2. The Labute approximate surface area is 222 Å². The SMILES string of the molecule is [2H]C([2H])([2H])N1C(=O)c2cccc(OC(F)F)c2[C@H]2C[C@@H]1c1nc3ccc(C#CC4CN(C(=O)C5(C)CC5)C4)cc3n12. The Morgan fingerprint density at radius 3 is 2.79 bits per heavy atom. The van der Waals surface area contributed by atoms with Crippen LogP contribution in [-0.4, -0.2) is 57.8 Å². The summed E-state index contributed by atoms with van der Waals surface area (Å²) >= 11 is 0. The largest absolute Gasteiger partial charge is 0.434 e. The van der Waals surface area contributed by atoms with E-state index < -0.39 is 31.6 Å². The Hall–Kier alpha value is -3.93. The lowest BCUT2D eigenvalue weighted by molar-refractivity contribution is -0.141. The van der Waals surface area contributed by atoms with Gasteiger partial charge in [0.05, 0.1) is 29.0 Å². The molecule has 7 nitrogen and oxygen atoms in total. The Balaban J connectivity index is 1.28. The molecule has 0 unspecified atom stereocenters. The van der Waals surface area contributed by atoms with E-state index in [1.54, 1.807) is 6.07 Å². The minimum Gasteiger partial charge on any atom is -0.434 e. The molecule has 4 aliphatic rings. The summed E-state index contributed by atoms with van der Waals surface area (Å²) in [6.45, 7) is -2.69. The Morgan fingerprint density at radius 2 is 2.05 bits per heavy atom. The van der Waals surface area contributed by atoms with Gasteiger partial charge in [-0.2, -0.15) is 8.78 Å². The second-order valence-electron chi connectivity index (χ2n) is 10.8. The molecule has 38 heavy (non-hydrogen) atoms. The van der Waals surface area contributed by atoms with Crippen LogP contribution in [0.25, 0.3) is 11.0 Å². The number of imidazole rings is 1. The van der Waals surface area contributed by atoms with Crippen LogP contribution in [0.5, 0.6) is 5.75 Å². The maximum absolute atomic E-state index is 13.5. The Morgan fingerprint density at radius 1 is 1.24 bits per heavy atom. The molecule has 1 saturated carbocycles. The minimum absolute atomic E-state index is 0.0133. The van der Waals surface area contributed by atoms with Gasteiger partial charge < -0.3 is 19.1 Å². The van der Waals surface area contributed by atoms with Gasteiger partial charge in [-0.1, -0.05) is 24.8 Å². The summed E-state index contributed by atoms with van der Waals surface area (Å²) in [4.78, 5) is 33.4. The lowest BCUT2D eigenvalue weighted by atomic mass is 9.96. The van der Waals surface area contributed by atoms with Crippen LogP contribution >= 0.6 is 0 Å². The summed E-state index contributed by atoms with van der Waals surface area (Å²) in [5.41, 5.74) is 1.98. The number of rotatable bonds is 3. The fourth-order valence-corrected chi connectivity index (χ4v) is 5.89. The zero-order chi connectivity index (χ0) is 28.8. The number of carbonyl (C=O) groups is 2. The van der Waals surface area contributed by atoms with Crippen molar-refractivity contribution in [3.8, 4) is 17.6 Å². The van der Waals surface area contributed by atoms with Crippen molar-refractivity contribution >= 4 is 22.8 Å². The molecule has 2 bridgehead atoms. The molecule has 2 atom stereocenters. The van der Waals surface area contributed by atoms with E-state index in [4.69, 9.17) is 13.8 Å². The van der Waals surface area contributed by atoms with Crippen molar-refractivity contribution in [1.82, 2.24) is 19.4 Å². The molecule has 9 heteroatoms. The maximum Gasteiger partial charge on any atom is 0.387 e. The van der Waals surface area contributed by atoms with Crippen LogP contribution < -0.4 is 4.74 Å². The summed E-state index contributed by atoms with van der Waals surface area (Å²) < 4.78 is 57.8. The number of alkyl halides is 2. The number of carbonyl (C=O) groups excluding carboxylic acids is 2. The molecule has 2 amide bonds. The van der Waals surface area contributed by atoms with Gasteiger partial charge >= 0.3 is 6.61 Å². The van der Waals surface area contributed by atoms with E-state index in [0.717, 1.165) is 17.7 Å². The van der Waals surface area contributed by atoms with E-state index in [2.05, 4.69) is 11.8 Å². The van der Waals surface area contributed by atoms with Crippen molar-refractivity contribution in [2.75, 3.05) is 20.1 Å². The number of halogens is 2. The average Bonchev–Trinajstić information content (AvgIpc) is 3.42. The van der Waals surface area contributed by atoms with Gasteiger partial charge in [-0.25, -0.2) is 4.98 Å². The molecular formula is C29H26F2N4O3. The third-order valence-corrected chi connectivity index (χ3v) is 8.25. The first kappa shape index (κ1) is 20.1. The summed E-state index contributed by atoms with van der Waals surface area (Å²) in [6, 6.07) is 8.13. The number of amides is 2. The molecule has 0 spiro atoms. The number of aromatic nitrogens is 2. The number of nitrogens with zero attached hydrogens (tertiary/aromatic N) is 4. The standard InChI is InChI=1S/C29H26F2N4O3/c1-29(10-11-29)27(37)34-14-17(15-34)7-6-16-8-9-19-20(12-16)35-21-13-22(25(35)32-19)33(2)26(36)18-4-3-5-23(24(18)21)38-28(30)31/h3-5,8-9,12,17,21-22,28H,10-11,13-15H2,1-2H3/t21-,22-/m1/s1/i2D3. The molecule has 194 valence electrons. The summed E-state index contributed by atoms with van der Waals surface area (Å²) in [5.74, 6) is 6.15. The Kier molecular flexibility index (Phi) is 4.25. The maximum atomic E-state index is 13.5. The zero-order valence-electron chi connectivity index (χ0n) is 23.6. The molecule has 7 rings (SSSR count). The number of hydrogen-bond donors (Lipinski definition) is 0. The van der Waals surface area contributed by atoms with Gasteiger partial charge in [0, 0.05) is 52.7 Å². The summed E-state index contributed by atoms with van der Waals surface area (Å²) in [6.07, 6.45) is 2.03. The smallest absolute Gasteiger partial charge is 0.387 e. The minimum atomic E-state index is -3.12.